The van der Waals surface area contributed by atoms with Crippen LogP contribution in [0.25, 0.3) is 16.9 Å². The Morgan fingerprint density at radius 1 is 0.912 bits per heavy atom. The summed E-state index contributed by atoms with van der Waals surface area (Å²) in [4.78, 5) is 32.1. The van der Waals surface area contributed by atoms with Gasteiger partial charge in [-0.15, -0.1) is 0 Å². The van der Waals surface area contributed by atoms with E-state index in [1.54, 1.807) is 12.1 Å². The molecule has 34 heavy (non-hydrogen) atoms. The number of nitrogens with zero attached hydrogens (tertiary/aromatic N) is 3. The number of hydrogen-bond acceptors (Lipinski definition) is 3. The zero-order valence-electron chi connectivity index (χ0n) is 19.7. The summed E-state index contributed by atoms with van der Waals surface area (Å²) < 4.78 is 1.88. The van der Waals surface area contributed by atoms with Gasteiger partial charge in [-0.2, -0.15) is 0 Å². The number of hydrogen-bond donors (Lipinski definition) is 1. The SMILES string of the molecule is CCN(CC(=O)Nc1nc(-c2ccccc2)cn1-c1ccc(C)c(C)c1)C(=O)c1ccccc1. The van der Waals surface area contributed by atoms with Crippen LogP contribution in [0.15, 0.2) is 85.1 Å². The van der Waals surface area contributed by atoms with E-state index in [1.165, 1.54) is 10.5 Å². The Kier molecular flexibility index (Phi) is 6.87. The minimum absolute atomic E-state index is 0.0648. The minimum Gasteiger partial charge on any atom is -0.330 e. The Balaban J connectivity index is 1.62. The fraction of sp³-hybridized carbons (Fsp3) is 0.179. The molecule has 0 radical (unpaired) electrons. The minimum atomic E-state index is -0.304. The number of benzene rings is 3. The molecule has 0 saturated heterocycles. The lowest BCUT2D eigenvalue weighted by atomic mass is 10.1. The largest absolute Gasteiger partial charge is 0.330 e. The number of amides is 2. The molecule has 1 N–H and O–H groups in total. The van der Waals surface area contributed by atoms with Crippen molar-refractivity contribution in [1.82, 2.24) is 14.5 Å². The first-order valence-corrected chi connectivity index (χ1v) is 11.3. The molecule has 0 aliphatic rings. The molecular formula is C28H28N4O2. The third kappa shape index (κ3) is 5.07. The molecule has 6 nitrogen and oxygen atoms in total. The average Bonchev–Trinajstić information content (AvgIpc) is 3.28. The lowest BCUT2D eigenvalue weighted by Crippen LogP contribution is -2.38. The molecular weight excluding hydrogens is 424 g/mol. The second-order valence-electron chi connectivity index (χ2n) is 8.19. The second-order valence-corrected chi connectivity index (χ2v) is 8.19. The van der Waals surface area contributed by atoms with Crippen LogP contribution in [0.1, 0.15) is 28.4 Å². The summed E-state index contributed by atoms with van der Waals surface area (Å²) in [5, 5.41) is 2.92. The van der Waals surface area contributed by atoms with Gasteiger partial charge >= 0.3 is 0 Å². The molecule has 1 heterocycles. The second kappa shape index (κ2) is 10.2. The molecule has 0 atom stereocenters. The lowest BCUT2D eigenvalue weighted by Gasteiger charge is -2.20. The van der Waals surface area contributed by atoms with Gasteiger partial charge in [-0.3, -0.25) is 19.5 Å². The Morgan fingerprint density at radius 2 is 1.59 bits per heavy atom. The third-order valence-corrected chi connectivity index (χ3v) is 5.82. The van der Waals surface area contributed by atoms with Gasteiger partial charge in [0.2, 0.25) is 11.9 Å². The first-order valence-electron chi connectivity index (χ1n) is 11.3. The van der Waals surface area contributed by atoms with E-state index in [9.17, 15) is 9.59 Å². The number of aromatic nitrogens is 2. The number of likely N-dealkylation sites (N-methyl/N-ethyl adjacent to an activating group) is 1. The first kappa shape index (κ1) is 23.0. The van der Waals surface area contributed by atoms with Crippen molar-refractivity contribution in [1.29, 1.82) is 0 Å². The zero-order chi connectivity index (χ0) is 24.1. The summed E-state index contributed by atoms with van der Waals surface area (Å²) in [7, 11) is 0. The average molecular weight is 453 g/mol. The van der Waals surface area contributed by atoms with Crippen LogP contribution in [0.4, 0.5) is 5.95 Å². The number of imidazole rings is 1. The van der Waals surface area contributed by atoms with Crippen molar-refractivity contribution in [2.45, 2.75) is 20.8 Å². The molecule has 4 aromatic rings. The van der Waals surface area contributed by atoms with E-state index in [-0.39, 0.29) is 18.4 Å². The number of aryl methyl sites for hydroxylation is 2. The van der Waals surface area contributed by atoms with Crippen molar-refractivity contribution in [2.24, 2.45) is 0 Å². The highest BCUT2D eigenvalue weighted by atomic mass is 16.2. The van der Waals surface area contributed by atoms with E-state index in [0.717, 1.165) is 22.5 Å². The molecule has 2 amide bonds. The van der Waals surface area contributed by atoms with Gasteiger partial charge < -0.3 is 4.90 Å². The summed E-state index contributed by atoms with van der Waals surface area (Å²) >= 11 is 0. The van der Waals surface area contributed by atoms with E-state index in [0.29, 0.717) is 18.1 Å². The van der Waals surface area contributed by atoms with Crippen LogP contribution in [-0.2, 0) is 4.79 Å². The predicted molar refractivity (Wildman–Crippen MR) is 135 cm³/mol. The topological polar surface area (TPSA) is 67.2 Å². The van der Waals surface area contributed by atoms with Crippen LogP contribution < -0.4 is 5.32 Å². The summed E-state index contributed by atoms with van der Waals surface area (Å²) in [6.45, 7) is 6.33. The van der Waals surface area contributed by atoms with Crippen LogP contribution in [-0.4, -0.2) is 39.4 Å². The summed E-state index contributed by atoms with van der Waals surface area (Å²) in [5.41, 5.74) is 5.50. The van der Waals surface area contributed by atoms with Gasteiger partial charge in [-0.25, -0.2) is 4.98 Å². The number of anilines is 1. The molecule has 0 aliphatic carbocycles. The molecule has 0 saturated carbocycles. The molecule has 0 aliphatic heterocycles. The quantitative estimate of drug-likeness (QED) is 0.416. The van der Waals surface area contributed by atoms with Crippen molar-refractivity contribution >= 4 is 17.8 Å². The molecule has 0 unspecified atom stereocenters. The van der Waals surface area contributed by atoms with Crippen LogP contribution in [0.2, 0.25) is 0 Å². The van der Waals surface area contributed by atoms with Gasteiger partial charge in [0.15, 0.2) is 0 Å². The standard InChI is InChI=1S/C28H28N4O2/c1-4-31(27(34)23-13-9-6-10-14-23)19-26(33)30-28-29-25(22-11-7-5-8-12-22)18-32(28)24-16-15-20(2)21(3)17-24/h5-18H,4,19H2,1-3H3,(H,29,30,33). The maximum Gasteiger partial charge on any atom is 0.254 e. The Labute approximate surface area is 199 Å². The van der Waals surface area contributed by atoms with Crippen molar-refractivity contribution in [3.63, 3.8) is 0 Å². The van der Waals surface area contributed by atoms with E-state index < -0.39 is 0 Å². The van der Waals surface area contributed by atoms with E-state index in [4.69, 9.17) is 4.98 Å². The maximum absolute atomic E-state index is 13.0. The summed E-state index contributed by atoms with van der Waals surface area (Å²) in [6, 6.07) is 24.9. The van der Waals surface area contributed by atoms with Gasteiger partial charge in [-0.05, 0) is 56.2 Å². The maximum atomic E-state index is 13.0. The molecule has 6 heteroatoms. The predicted octanol–water partition coefficient (Wildman–Crippen LogP) is 5.26. The van der Waals surface area contributed by atoms with Gasteiger partial charge in [0.05, 0.1) is 5.69 Å². The normalized spacial score (nSPS) is 10.7. The number of carbonyl (C=O) groups is 2. The van der Waals surface area contributed by atoms with Crippen LogP contribution >= 0.6 is 0 Å². The lowest BCUT2D eigenvalue weighted by molar-refractivity contribution is -0.116. The van der Waals surface area contributed by atoms with Crippen molar-refractivity contribution in [2.75, 3.05) is 18.4 Å². The fourth-order valence-corrected chi connectivity index (χ4v) is 3.72. The Morgan fingerprint density at radius 3 is 2.24 bits per heavy atom. The zero-order valence-corrected chi connectivity index (χ0v) is 19.7. The highest BCUT2D eigenvalue weighted by Gasteiger charge is 2.19. The molecule has 1 aromatic heterocycles. The molecule has 4 rings (SSSR count). The van der Waals surface area contributed by atoms with Gasteiger partial charge in [0.1, 0.15) is 6.54 Å². The van der Waals surface area contributed by atoms with Crippen molar-refractivity contribution < 1.29 is 9.59 Å². The number of nitrogens with one attached hydrogen (secondary N) is 1. The number of carbonyl (C=O) groups excluding carboxylic acids is 2. The highest BCUT2D eigenvalue weighted by Crippen LogP contribution is 2.25. The van der Waals surface area contributed by atoms with Crippen LogP contribution in [0, 0.1) is 13.8 Å². The highest BCUT2D eigenvalue weighted by molar-refractivity contribution is 5.99. The molecule has 0 spiro atoms. The Bertz CT molecular complexity index is 1300. The van der Waals surface area contributed by atoms with E-state index in [1.807, 2.05) is 72.3 Å². The van der Waals surface area contributed by atoms with Gasteiger partial charge in [0.25, 0.3) is 5.91 Å². The Hall–Kier alpha value is -4.19. The van der Waals surface area contributed by atoms with E-state index in [2.05, 4.69) is 31.3 Å². The fourth-order valence-electron chi connectivity index (χ4n) is 3.72. The first-order chi connectivity index (χ1) is 16.5. The monoisotopic (exact) mass is 452 g/mol. The molecule has 3 aromatic carbocycles. The van der Waals surface area contributed by atoms with Gasteiger partial charge in [-0.1, -0.05) is 54.6 Å². The molecule has 172 valence electrons. The number of rotatable bonds is 7. The smallest absolute Gasteiger partial charge is 0.254 e. The van der Waals surface area contributed by atoms with Crippen molar-refractivity contribution in [3.05, 3.63) is 102 Å². The van der Waals surface area contributed by atoms with Crippen LogP contribution in [0.5, 0.6) is 0 Å². The van der Waals surface area contributed by atoms with Crippen LogP contribution in [0.3, 0.4) is 0 Å². The molecule has 0 fully saturated rings. The van der Waals surface area contributed by atoms with E-state index >= 15 is 0 Å². The third-order valence-electron chi connectivity index (χ3n) is 5.82. The summed E-state index contributed by atoms with van der Waals surface area (Å²) in [5.74, 6) is -0.0718. The van der Waals surface area contributed by atoms with Crippen molar-refractivity contribution in [3.8, 4) is 16.9 Å². The molecule has 0 bridgehead atoms. The summed E-state index contributed by atoms with van der Waals surface area (Å²) in [6.07, 6.45) is 1.92. The van der Waals surface area contributed by atoms with Gasteiger partial charge in [0, 0.05) is 29.6 Å².